The van der Waals surface area contributed by atoms with Crippen molar-refractivity contribution in [3.05, 3.63) is 53.1 Å². The van der Waals surface area contributed by atoms with Crippen LogP contribution in [0.4, 0.5) is 0 Å². The molecule has 2 aromatic rings. The van der Waals surface area contributed by atoms with Crippen molar-refractivity contribution in [3.63, 3.8) is 0 Å². The van der Waals surface area contributed by atoms with E-state index in [1.54, 1.807) is 26.4 Å². The average Bonchev–Trinajstić information content (AvgIpc) is 3.34. The molecule has 2 aliphatic heterocycles. The number of carbonyl (C=O) groups excluding carboxylic acids is 1. The van der Waals surface area contributed by atoms with Crippen LogP contribution >= 0.6 is 0 Å². The maximum atomic E-state index is 13.5. The monoisotopic (exact) mass is 486 g/mol. The SMILES string of the molecule is COc1ccc(OC)c([C@H]2CCCN2C(=O)C2CCN(S(=O)(=O)c3ccc(C)c(C)c3)CC2)c1. The van der Waals surface area contributed by atoms with Gasteiger partial charge in [-0.1, -0.05) is 6.07 Å². The smallest absolute Gasteiger partial charge is 0.243 e. The van der Waals surface area contributed by atoms with E-state index in [1.807, 2.05) is 43.0 Å². The summed E-state index contributed by atoms with van der Waals surface area (Å²) in [7, 11) is -0.297. The second-order valence-electron chi connectivity index (χ2n) is 9.22. The fourth-order valence-corrected chi connectivity index (χ4v) is 6.61. The number of piperidine rings is 1. The third kappa shape index (κ3) is 4.66. The fraction of sp³-hybridized carbons (Fsp3) is 0.500. The minimum Gasteiger partial charge on any atom is -0.497 e. The Labute approximate surface area is 202 Å². The lowest BCUT2D eigenvalue weighted by molar-refractivity contribution is -0.137. The van der Waals surface area contributed by atoms with Gasteiger partial charge in [0.25, 0.3) is 0 Å². The quantitative estimate of drug-likeness (QED) is 0.615. The molecule has 2 saturated heterocycles. The Morgan fingerprint density at radius 1 is 0.912 bits per heavy atom. The molecular weight excluding hydrogens is 452 g/mol. The number of sulfonamides is 1. The number of nitrogens with zero attached hydrogens (tertiary/aromatic N) is 2. The molecule has 0 saturated carbocycles. The van der Waals surface area contributed by atoms with Gasteiger partial charge in [-0.2, -0.15) is 4.31 Å². The number of methoxy groups -OCH3 is 2. The second-order valence-corrected chi connectivity index (χ2v) is 11.2. The van der Waals surface area contributed by atoms with Crippen molar-refractivity contribution in [1.29, 1.82) is 0 Å². The Balaban J connectivity index is 1.46. The van der Waals surface area contributed by atoms with Gasteiger partial charge in [0.2, 0.25) is 15.9 Å². The number of hydrogen-bond acceptors (Lipinski definition) is 5. The number of likely N-dealkylation sites (tertiary alicyclic amines) is 1. The van der Waals surface area contributed by atoms with Crippen LogP contribution < -0.4 is 9.47 Å². The van der Waals surface area contributed by atoms with Gasteiger partial charge >= 0.3 is 0 Å². The molecule has 34 heavy (non-hydrogen) atoms. The summed E-state index contributed by atoms with van der Waals surface area (Å²) in [5, 5.41) is 0. The molecule has 1 atom stereocenters. The van der Waals surface area contributed by atoms with Gasteiger partial charge in [0.15, 0.2) is 0 Å². The van der Waals surface area contributed by atoms with E-state index in [0.29, 0.717) is 37.4 Å². The van der Waals surface area contributed by atoms with Crippen LogP contribution in [0.3, 0.4) is 0 Å². The predicted molar refractivity (Wildman–Crippen MR) is 131 cm³/mol. The summed E-state index contributed by atoms with van der Waals surface area (Å²) in [6.45, 7) is 5.29. The van der Waals surface area contributed by atoms with Crippen LogP contribution in [0.15, 0.2) is 41.3 Å². The molecule has 0 aromatic heterocycles. The third-order valence-corrected chi connectivity index (χ3v) is 9.15. The number of carbonyl (C=O) groups is 1. The molecule has 0 bridgehead atoms. The molecule has 184 valence electrons. The van der Waals surface area contributed by atoms with Gasteiger partial charge in [-0.25, -0.2) is 8.42 Å². The molecule has 0 radical (unpaired) electrons. The Hall–Kier alpha value is -2.58. The Morgan fingerprint density at radius 2 is 1.65 bits per heavy atom. The Morgan fingerprint density at radius 3 is 2.29 bits per heavy atom. The van der Waals surface area contributed by atoms with E-state index in [4.69, 9.17) is 9.47 Å². The van der Waals surface area contributed by atoms with Crippen LogP contribution in [0.25, 0.3) is 0 Å². The molecule has 4 rings (SSSR count). The molecule has 0 aliphatic carbocycles. The summed E-state index contributed by atoms with van der Waals surface area (Å²) in [6.07, 6.45) is 2.86. The largest absolute Gasteiger partial charge is 0.497 e. The standard InChI is InChI=1S/C26H34N2O5S/c1-18-7-9-22(16-19(18)2)34(30,31)27-14-11-20(12-15-27)26(29)28-13-5-6-24(28)23-17-21(32-3)8-10-25(23)33-4/h7-10,16-17,20,24H,5-6,11-15H2,1-4H3/t24-/m1/s1. The van der Waals surface area contributed by atoms with E-state index in [2.05, 4.69) is 0 Å². The van der Waals surface area contributed by atoms with E-state index in [0.717, 1.165) is 41.0 Å². The van der Waals surface area contributed by atoms with Crippen LogP contribution in [0.5, 0.6) is 11.5 Å². The van der Waals surface area contributed by atoms with Crippen molar-refractivity contribution >= 4 is 15.9 Å². The minimum atomic E-state index is -3.56. The van der Waals surface area contributed by atoms with E-state index >= 15 is 0 Å². The number of amides is 1. The molecule has 8 heteroatoms. The van der Waals surface area contributed by atoms with Gasteiger partial charge in [0.1, 0.15) is 11.5 Å². The molecule has 2 aromatic carbocycles. The molecular formula is C26H34N2O5S. The van der Waals surface area contributed by atoms with Crippen molar-refractivity contribution in [2.75, 3.05) is 33.9 Å². The van der Waals surface area contributed by atoms with Crippen LogP contribution in [-0.4, -0.2) is 57.4 Å². The molecule has 0 unspecified atom stereocenters. The highest BCUT2D eigenvalue weighted by molar-refractivity contribution is 7.89. The highest BCUT2D eigenvalue weighted by Crippen LogP contribution is 2.40. The zero-order valence-corrected chi connectivity index (χ0v) is 21.2. The topological polar surface area (TPSA) is 76.2 Å². The molecule has 2 fully saturated rings. The summed E-state index contributed by atoms with van der Waals surface area (Å²) in [4.78, 5) is 15.8. The zero-order chi connectivity index (χ0) is 24.5. The van der Waals surface area contributed by atoms with Crippen LogP contribution in [0.1, 0.15) is 48.4 Å². The van der Waals surface area contributed by atoms with Crippen LogP contribution in [0.2, 0.25) is 0 Å². The lowest BCUT2D eigenvalue weighted by Crippen LogP contribution is -2.44. The summed E-state index contributed by atoms with van der Waals surface area (Å²) in [6, 6.07) is 10.9. The van der Waals surface area contributed by atoms with Gasteiger partial charge in [-0.3, -0.25) is 4.79 Å². The number of ether oxygens (including phenoxy) is 2. The van der Waals surface area contributed by atoms with Crippen molar-refractivity contribution in [2.45, 2.75) is 50.5 Å². The number of hydrogen-bond donors (Lipinski definition) is 0. The normalized spacial score (nSPS) is 19.9. The predicted octanol–water partition coefficient (Wildman–Crippen LogP) is 4.09. The van der Waals surface area contributed by atoms with E-state index in [9.17, 15) is 13.2 Å². The van der Waals surface area contributed by atoms with Crippen molar-refractivity contribution in [3.8, 4) is 11.5 Å². The summed E-state index contributed by atoms with van der Waals surface area (Å²) in [5.41, 5.74) is 2.98. The van der Waals surface area contributed by atoms with E-state index in [-0.39, 0.29) is 17.9 Å². The van der Waals surface area contributed by atoms with Gasteiger partial charge in [0, 0.05) is 31.1 Å². The average molecular weight is 487 g/mol. The number of benzene rings is 2. The first-order valence-electron chi connectivity index (χ1n) is 11.9. The van der Waals surface area contributed by atoms with Crippen LogP contribution in [0, 0.1) is 19.8 Å². The first-order chi connectivity index (χ1) is 16.3. The molecule has 2 heterocycles. The molecule has 2 aliphatic rings. The Kier molecular flexibility index (Phi) is 7.19. The lowest BCUT2D eigenvalue weighted by Gasteiger charge is -2.35. The van der Waals surface area contributed by atoms with Crippen LogP contribution in [-0.2, 0) is 14.8 Å². The summed E-state index contributed by atoms with van der Waals surface area (Å²) >= 11 is 0. The molecule has 0 spiro atoms. The van der Waals surface area contributed by atoms with Gasteiger partial charge in [0.05, 0.1) is 25.2 Å². The first kappa shape index (κ1) is 24.5. The van der Waals surface area contributed by atoms with Crippen molar-refractivity contribution in [2.24, 2.45) is 5.92 Å². The van der Waals surface area contributed by atoms with Gasteiger partial charge in [-0.05, 0) is 81.0 Å². The minimum absolute atomic E-state index is 0.0603. The maximum absolute atomic E-state index is 13.5. The highest BCUT2D eigenvalue weighted by atomic mass is 32.2. The lowest BCUT2D eigenvalue weighted by atomic mass is 9.95. The first-order valence-corrected chi connectivity index (χ1v) is 13.3. The summed E-state index contributed by atoms with van der Waals surface area (Å²) in [5.74, 6) is 1.42. The van der Waals surface area contributed by atoms with E-state index < -0.39 is 10.0 Å². The second kappa shape index (κ2) is 9.96. The molecule has 7 nitrogen and oxygen atoms in total. The Bertz CT molecular complexity index is 1160. The zero-order valence-electron chi connectivity index (χ0n) is 20.4. The fourth-order valence-electron chi connectivity index (χ4n) is 5.05. The van der Waals surface area contributed by atoms with Crippen molar-refractivity contribution < 1.29 is 22.7 Å². The third-order valence-electron chi connectivity index (χ3n) is 7.25. The van der Waals surface area contributed by atoms with Crippen molar-refractivity contribution in [1.82, 2.24) is 9.21 Å². The van der Waals surface area contributed by atoms with Gasteiger partial charge < -0.3 is 14.4 Å². The number of aryl methyl sites for hydroxylation is 2. The summed E-state index contributed by atoms with van der Waals surface area (Å²) < 4.78 is 38.8. The number of rotatable bonds is 6. The molecule has 1 amide bonds. The maximum Gasteiger partial charge on any atom is 0.243 e. The highest BCUT2D eigenvalue weighted by Gasteiger charge is 2.38. The molecule has 0 N–H and O–H groups in total. The van der Waals surface area contributed by atoms with Gasteiger partial charge in [-0.15, -0.1) is 0 Å². The van der Waals surface area contributed by atoms with E-state index in [1.165, 1.54) is 4.31 Å².